The molecule has 0 amide bonds. The fourth-order valence-corrected chi connectivity index (χ4v) is 1.89. The van der Waals surface area contributed by atoms with E-state index in [1.807, 2.05) is 0 Å². The van der Waals surface area contributed by atoms with Crippen LogP contribution >= 0.6 is 15.9 Å². The first kappa shape index (κ1) is 13.2. The van der Waals surface area contributed by atoms with Crippen LogP contribution in [-0.2, 0) is 6.54 Å². The van der Waals surface area contributed by atoms with Crippen LogP contribution in [0.5, 0.6) is 0 Å². The number of aryl methyl sites for hydroxylation is 1. The van der Waals surface area contributed by atoms with E-state index in [-0.39, 0.29) is 11.1 Å². The van der Waals surface area contributed by atoms with Crippen molar-refractivity contribution in [2.75, 3.05) is 5.33 Å². The summed E-state index contributed by atoms with van der Waals surface area (Å²) in [5, 5.41) is 3.58. The predicted molar refractivity (Wildman–Crippen MR) is 68.4 cm³/mol. The van der Waals surface area contributed by atoms with Crippen molar-refractivity contribution in [3.8, 4) is 0 Å². The van der Waals surface area contributed by atoms with E-state index in [2.05, 4.69) is 21.0 Å². The summed E-state index contributed by atoms with van der Waals surface area (Å²) in [6, 6.07) is 0. The van der Waals surface area contributed by atoms with Crippen molar-refractivity contribution in [3.05, 3.63) is 31.8 Å². The Bertz CT molecular complexity index is 462. The van der Waals surface area contributed by atoms with Gasteiger partial charge in [-0.2, -0.15) is 0 Å². The number of aromatic amines is 1. The summed E-state index contributed by atoms with van der Waals surface area (Å²) in [6.45, 7) is 3.95. The number of halogens is 1. The monoisotopic (exact) mass is 288 g/mol. The minimum atomic E-state index is -0.169. The summed E-state index contributed by atoms with van der Waals surface area (Å²) >= 11 is 3.36. The maximum atomic E-state index is 11.8. The van der Waals surface area contributed by atoms with E-state index >= 15 is 0 Å². The standard InChI is InChI=1S/C11H17BrN2O2/c1-8-9(2)11(16)14(13-10(8)15)7-5-3-4-6-12/h3-7H2,1-2H3,(H,13,15). The Labute approximate surface area is 103 Å². The van der Waals surface area contributed by atoms with Crippen LogP contribution in [0.3, 0.4) is 0 Å². The summed E-state index contributed by atoms with van der Waals surface area (Å²) in [6.07, 6.45) is 3.04. The largest absolute Gasteiger partial charge is 0.268 e. The van der Waals surface area contributed by atoms with Gasteiger partial charge in [-0.25, -0.2) is 0 Å². The lowest BCUT2D eigenvalue weighted by molar-refractivity contribution is 0.519. The smallest absolute Gasteiger partial charge is 0.268 e. The quantitative estimate of drug-likeness (QED) is 0.663. The SMILES string of the molecule is Cc1c(C)c(=O)n(CCCCCBr)[nH]c1=O. The molecule has 0 atom stereocenters. The molecule has 1 aromatic heterocycles. The van der Waals surface area contributed by atoms with Crippen molar-refractivity contribution in [3.63, 3.8) is 0 Å². The van der Waals surface area contributed by atoms with E-state index in [1.54, 1.807) is 13.8 Å². The van der Waals surface area contributed by atoms with Gasteiger partial charge in [0.05, 0.1) is 0 Å². The second-order valence-corrected chi connectivity index (χ2v) is 4.69. The molecule has 1 heterocycles. The lowest BCUT2D eigenvalue weighted by atomic mass is 10.2. The molecular formula is C11H17BrN2O2. The number of H-pyrrole nitrogens is 1. The zero-order chi connectivity index (χ0) is 12.1. The number of rotatable bonds is 5. The molecule has 0 fully saturated rings. The Morgan fingerprint density at radius 1 is 1.12 bits per heavy atom. The normalized spacial score (nSPS) is 10.7. The highest BCUT2D eigenvalue weighted by Gasteiger charge is 2.06. The van der Waals surface area contributed by atoms with Gasteiger partial charge in [0.25, 0.3) is 11.1 Å². The second kappa shape index (κ2) is 6.03. The van der Waals surface area contributed by atoms with Crippen molar-refractivity contribution in [1.82, 2.24) is 9.78 Å². The molecule has 0 aromatic carbocycles. The summed E-state index contributed by atoms with van der Waals surface area (Å²) in [7, 11) is 0. The molecule has 0 bridgehead atoms. The van der Waals surface area contributed by atoms with Crippen molar-refractivity contribution >= 4 is 15.9 Å². The third-order valence-corrected chi connectivity index (χ3v) is 3.28. The van der Waals surface area contributed by atoms with E-state index in [1.165, 1.54) is 4.68 Å². The zero-order valence-electron chi connectivity index (χ0n) is 9.68. The number of aromatic nitrogens is 2. The van der Waals surface area contributed by atoms with Crippen molar-refractivity contribution in [1.29, 1.82) is 0 Å². The highest BCUT2D eigenvalue weighted by molar-refractivity contribution is 9.09. The van der Waals surface area contributed by atoms with Crippen LogP contribution in [-0.4, -0.2) is 15.1 Å². The van der Waals surface area contributed by atoms with Gasteiger partial charge >= 0.3 is 0 Å². The number of hydrogen-bond acceptors (Lipinski definition) is 2. The van der Waals surface area contributed by atoms with Gasteiger partial charge in [-0.15, -0.1) is 0 Å². The van der Waals surface area contributed by atoms with Crippen LogP contribution in [0.4, 0.5) is 0 Å². The average molecular weight is 289 g/mol. The Balaban J connectivity index is 2.82. The minimum Gasteiger partial charge on any atom is -0.268 e. The second-order valence-electron chi connectivity index (χ2n) is 3.90. The van der Waals surface area contributed by atoms with E-state index in [0.29, 0.717) is 17.7 Å². The molecule has 0 radical (unpaired) electrons. The maximum absolute atomic E-state index is 11.8. The predicted octanol–water partition coefficient (Wildman–Crippen LogP) is 1.72. The number of unbranched alkanes of at least 4 members (excludes halogenated alkanes) is 2. The molecule has 0 saturated carbocycles. The summed E-state index contributed by atoms with van der Waals surface area (Å²) < 4.78 is 1.42. The van der Waals surface area contributed by atoms with Gasteiger partial charge in [-0.1, -0.05) is 22.4 Å². The van der Waals surface area contributed by atoms with Crippen molar-refractivity contribution < 1.29 is 0 Å². The average Bonchev–Trinajstić information content (AvgIpc) is 2.28. The molecule has 1 rings (SSSR count). The van der Waals surface area contributed by atoms with E-state index in [9.17, 15) is 9.59 Å². The van der Waals surface area contributed by atoms with Crippen LogP contribution < -0.4 is 11.1 Å². The number of nitrogens with zero attached hydrogens (tertiary/aromatic N) is 1. The first-order chi connectivity index (χ1) is 7.57. The Kier molecular flexibility index (Phi) is 4.99. The van der Waals surface area contributed by atoms with Gasteiger partial charge in [0.1, 0.15) is 0 Å². The van der Waals surface area contributed by atoms with Crippen molar-refractivity contribution in [2.24, 2.45) is 0 Å². The van der Waals surface area contributed by atoms with Gasteiger partial charge in [0.15, 0.2) is 0 Å². The highest BCUT2D eigenvalue weighted by Crippen LogP contribution is 1.99. The molecule has 0 saturated heterocycles. The Hall–Kier alpha value is -0.840. The Morgan fingerprint density at radius 3 is 2.44 bits per heavy atom. The molecule has 4 nitrogen and oxygen atoms in total. The first-order valence-electron chi connectivity index (χ1n) is 5.44. The van der Waals surface area contributed by atoms with Crippen molar-refractivity contribution in [2.45, 2.75) is 39.7 Å². The third-order valence-electron chi connectivity index (χ3n) is 2.72. The molecular weight excluding hydrogens is 272 g/mol. The first-order valence-corrected chi connectivity index (χ1v) is 6.56. The highest BCUT2D eigenvalue weighted by atomic mass is 79.9. The molecule has 90 valence electrons. The minimum absolute atomic E-state index is 0.0871. The summed E-state index contributed by atoms with van der Waals surface area (Å²) in [5.41, 5.74) is 0.805. The van der Waals surface area contributed by atoms with Crippen LogP contribution in [0, 0.1) is 13.8 Å². The van der Waals surface area contributed by atoms with Gasteiger partial charge in [0, 0.05) is 23.0 Å². The molecule has 1 N–H and O–H groups in total. The molecule has 5 heteroatoms. The van der Waals surface area contributed by atoms with E-state index < -0.39 is 0 Å². The van der Waals surface area contributed by atoms with Gasteiger partial charge in [-0.05, 0) is 26.7 Å². The molecule has 0 aliphatic carbocycles. The molecule has 0 aliphatic rings. The van der Waals surface area contributed by atoms with Gasteiger partial charge < -0.3 is 0 Å². The van der Waals surface area contributed by atoms with Crippen LogP contribution in [0.1, 0.15) is 30.4 Å². The fraction of sp³-hybridized carbons (Fsp3) is 0.636. The van der Waals surface area contributed by atoms with Crippen LogP contribution in [0.25, 0.3) is 0 Å². The van der Waals surface area contributed by atoms with E-state index in [4.69, 9.17) is 0 Å². The fourth-order valence-electron chi connectivity index (χ4n) is 1.49. The number of hydrogen-bond donors (Lipinski definition) is 1. The number of alkyl halides is 1. The molecule has 0 unspecified atom stereocenters. The lowest BCUT2D eigenvalue weighted by Crippen LogP contribution is -2.33. The van der Waals surface area contributed by atoms with Crippen LogP contribution in [0.15, 0.2) is 9.59 Å². The maximum Gasteiger partial charge on any atom is 0.268 e. The molecule has 1 aromatic rings. The summed E-state index contributed by atoms with van der Waals surface area (Å²) in [5.74, 6) is 0. The van der Waals surface area contributed by atoms with Gasteiger partial charge in [-0.3, -0.25) is 19.4 Å². The topological polar surface area (TPSA) is 54.9 Å². The van der Waals surface area contributed by atoms with E-state index in [0.717, 1.165) is 24.6 Å². The Morgan fingerprint density at radius 2 is 1.81 bits per heavy atom. The number of nitrogens with one attached hydrogen (secondary N) is 1. The zero-order valence-corrected chi connectivity index (χ0v) is 11.3. The summed E-state index contributed by atoms with van der Waals surface area (Å²) in [4.78, 5) is 23.3. The molecule has 0 aliphatic heterocycles. The third kappa shape index (κ3) is 3.07. The van der Waals surface area contributed by atoms with Crippen LogP contribution in [0.2, 0.25) is 0 Å². The molecule has 0 spiro atoms. The molecule has 16 heavy (non-hydrogen) atoms. The van der Waals surface area contributed by atoms with Gasteiger partial charge in [0.2, 0.25) is 0 Å². The lowest BCUT2D eigenvalue weighted by Gasteiger charge is -2.07.